The zero-order valence-corrected chi connectivity index (χ0v) is 13.4. The molecule has 0 aliphatic carbocycles. The second kappa shape index (κ2) is 6.18. The lowest BCUT2D eigenvalue weighted by molar-refractivity contribution is 0.0905. The van der Waals surface area contributed by atoms with Gasteiger partial charge in [0.2, 0.25) is 0 Å². The van der Waals surface area contributed by atoms with Crippen LogP contribution in [0.4, 0.5) is 0 Å². The van der Waals surface area contributed by atoms with Crippen LogP contribution in [0.25, 0.3) is 0 Å². The molecule has 2 rings (SSSR count). The predicted octanol–water partition coefficient (Wildman–Crippen LogP) is 1.97. The Bertz CT molecular complexity index is 465. The van der Waals surface area contributed by atoms with Crippen molar-refractivity contribution in [3.8, 4) is 0 Å². The number of aromatic nitrogens is 1. The molecule has 1 aliphatic heterocycles. The number of rotatable bonds is 5. The summed E-state index contributed by atoms with van der Waals surface area (Å²) < 4.78 is 5.17. The number of hydrogen-bond acceptors (Lipinski definition) is 5. The SMILES string of the molecule is CC(C)c1cc(C(=O)NC[C@@]2(N(C)C)CCSC2)no1. The Morgan fingerprint density at radius 3 is 2.85 bits per heavy atom. The van der Waals surface area contributed by atoms with Crippen molar-refractivity contribution in [3.05, 3.63) is 17.5 Å². The number of thioether (sulfide) groups is 1. The number of hydrogen-bond donors (Lipinski definition) is 1. The Balaban J connectivity index is 1.97. The molecule has 0 spiro atoms. The summed E-state index contributed by atoms with van der Waals surface area (Å²) in [5.74, 6) is 3.03. The normalized spacial score (nSPS) is 22.7. The first-order chi connectivity index (χ1) is 9.44. The Morgan fingerprint density at radius 1 is 1.60 bits per heavy atom. The van der Waals surface area contributed by atoms with Crippen LogP contribution in [-0.2, 0) is 0 Å². The zero-order chi connectivity index (χ0) is 14.8. The third kappa shape index (κ3) is 3.17. The van der Waals surface area contributed by atoms with Gasteiger partial charge in [0, 0.05) is 29.8 Å². The van der Waals surface area contributed by atoms with E-state index in [0.717, 1.165) is 23.7 Å². The average Bonchev–Trinajstić information content (AvgIpc) is 3.06. The Kier molecular flexibility index (Phi) is 4.75. The molecule has 2 heterocycles. The summed E-state index contributed by atoms with van der Waals surface area (Å²) in [6, 6.07) is 1.73. The second-order valence-corrected chi connectivity index (χ2v) is 6.98. The highest BCUT2D eigenvalue weighted by molar-refractivity contribution is 7.99. The fourth-order valence-electron chi connectivity index (χ4n) is 2.25. The van der Waals surface area contributed by atoms with Crippen molar-refractivity contribution in [1.29, 1.82) is 0 Å². The monoisotopic (exact) mass is 297 g/mol. The molecule has 0 saturated carbocycles. The molecule has 1 fully saturated rings. The molecule has 1 aromatic rings. The molecular weight excluding hydrogens is 274 g/mol. The average molecular weight is 297 g/mol. The van der Waals surface area contributed by atoms with Gasteiger partial charge in [-0.2, -0.15) is 11.8 Å². The van der Waals surface area contributed by atoms with Crippen LogP contribution in [0.1, 0.15) is 42.4 Å². The topological polar surface area (TPSA) is 58.4 Å². The van der Waals surface area contributed by atoms with E-state index in [9.17, 15) is 4.79 Å². The Hall–Kier alpha value is -1.01. The van der Waals surface area contributed by atoms with E-state index in [4.69, 9.17) is 4.52 Å². The summed E-state index contributed by atoms with van der Waals surface area (Å²) in [5, 5.41) is 6.84. The standard InChI is InChI=1S/C14H23N3O2S/c1-10(2)12-7-11(16-19-12)13(18)15-8-14(17(3)4)5-6-20-9-14/h7,10H,5-6,8-9H2,1-4H3,(H,15,18)/t14-/m0/s1. The summed E-state index contributed by atoms with van der Waals surface area (Å²) in [5.41, 5.74) is 0.429. The molecule has 1 atom stereocenters. The van der Waals surface area contributed by atoms with Crippen LogP contribution < -0.4 is 5.32 Å². The minimum absolute atomic E-state index is 0.0605. The van der Waals surface area contributed by atoms with Gasteiger partial charge in [-0.25, -0.2) is 0 Å². The van der Waals surface area contributed by atoms with Gasteiger partial charge >= 0.3 is 0 Å². The van der Waals surface area contributed by atoms with Gasteiger partial charge in [0.05, 0.1) is 0 Å². The van der Waals surface area contributed by atoms with Crippen molar-refractivity contribution in [3.63, 3.8) is 0 Å². The van der Waals surface area contributed by atoms with Gasteiger partial charge in [0.1, 0.15) is 5.76 Å². The highest BCUT2D eigenvalue weighted by Crippen LogP contribution is 2.31. The number of carbonyl (C=O) groups excluding carboxylic acids is 1. The van der Waals surface area contributed by atoms with E-state index in [1.807, 2.05) is 25.6 Å². The van der Waals surface area contributed by atoms with Crippen LogP contribution in [0, 0.1) is 0 Å². The van der Waals surface area contributed by atoms with Gasteiger partial charge in [-0.3, -0.25) is 4.79 Å². The fourth-order valence-corrected chi connectivity index (χ4v) is 3.80. The number of amides is 1. The number of carbonyl (C=O) groups is 1. The third-order valence-corrected chi connectivity index (χ3v) is 5.17. The van der Waals surface area contributed by atoms with Crippen LogP contribution >= 0.6 is 11.8 Å². The van der Waals surface area contributed by atoms with E-state index in [0.29, 0.717) is 12.2 Å². The molecule has 6 heteroatoms. The number of nitrogens with one attached hydrogen (secondary N) is 1. The summed E-state index contributed by atoms with van der Waals surface area (Å²) in [6.07, 6.45) is 1.10. The molecule has 1 N–H and O–H groups in total. The molecule has 0 aromatic carbocycles. The maximum atomic E-state index is 12.1. The molecule has 1 saturated heterocycles. The van der Waals surface area contributed by atoms with Crippen LogP contribution in [0.2, 0.25) is 0 Å². The first-order valence-corrected chi connectivity index (χ1v) is 8.10. The lowest BCUT2D eigenvalue weighted by atomic mass is 9.97. The second-order valence-electron chi connectivity index (χ2n) is 5.87. The van der Waals surface area contributed by atoms with Crippen molar-refractivity contribution >= 4 is 17.7 Å². The van der Waals surface area contributed by atoms with Crippen LogP contribution in [0.3, 0.4) is 0 Å². The number of nitrogens with zero attached hydrogens (tertiary/aromatic N) is 2. The molecule has 112 valence electrons. The van der Waals surface area contributed by atoms with E-state index in [-0.39, 0.29) is 17.4 Å². The highest BCUT2D eigenvalue weighted by atomic mass is 32.2. The van der Waals surface area contributed by atoms with Crippen molar-refractivity contribution in [2.24, 2.45) is 0 Å². The lowest BCUT2D eigenvalue weighted by Crippen LogP contribution is -2.53. The van der Waals surface area contributed by atoms with Crippen molar-refractivity contribution in [2.45, 2.75) is 31.7 Å². The van der Waals surface area contributed by atoms with E-state index in [2.05, 4.69) is 29.5 Å². The lowest BCUT2D eigenvalue weighted by Gasteiger charge is -2.35. The summed E-state index contributed by atoms with van der Waals surface area (Å²) in [7, 11) is 4.15. The number of likely N-dealkylation sites (N-methyl/N-ethyl adjacent to an activating group) is 1. The molecule has 1 aliphatic rings. The van der Waals surface area contributed by atoms with E-state index >= 15 is 0 Å². The molecule has 1 aromatic heterocycles. The van der Waals surface area contributed by atoms with Crippen LogP contribution in [0.15, 0.2) is 10.6 Å². The third-order valence-electron chi connectivity index (χ3n) is 3.94. The molecule has 0 bridgehead atoms. The Labute approximate surface area is 124 Å². The quantitative estimate of drug-likeness (QED) is 0.900. The van der Waals surface area contributed by atoms with Gasteiger partial charge in [-0.15, -0.1) is 0 Å². The fraction of sp³-hybridized carbons (Fsp3) is 0.714. The van der Waals surface area contributed by atoms with Gasteiger partial charge < -0.3 is 14.7 Å². The van der Waals surface area contributed by atoms with Gasteiger partial charge in [0.15, 0.2) is 5.69 Å². The smallest absolute Gasteiger partial charge is 0.273 e. The molecule has 0 unspecified atom stereocenters. The van der Waals surface area contributed by atoms with Gasteiger partial charge in [-0.1, -0.05) is 19.0 Å². The van der Waals surface area contributed by atoms with Crippen LogP contribution in [-0.4, -0.2) is 53.6 Å². The first kappa shape index (κ1) is 15.4. The van der Waals surface area contributed by atoms with Crippen molar-refractivity contribution in [2.75, 3.05) is 32.1 Å². The minimum atomic E-state index is -0.154. The highest BCUT2D eigenvalue weighted by Gasteiger charge is 2.37. The molecule has 1 amide bonds. The molecule has 20 heavy (non-hydrogen) atoms. The van der Waals surface area contributed by atoms with Gasteiger partial charge in [-0.05, 0) is 26.3 Å². The largest absolute Gasteiger partial charge is 0.360 e. The van der Waals surface area contributed by atoms with E-state index in [1.165, 1.54) is 0 Å². The van der Waals surface area contributed by atoms with Crippen molar-refractivity contribution in [1.82, 2.24) is 15.4 Å². The predicted molar refractivity (Wildman–Crippen MR) is 81.3 cm³/mol. The molecular formula is C14H23N3O2S. The summed E-state index contributed by atoms with van der Waals surface area (Å²) >= 11 is 1.94. The minimum Gasteiger partial charge on any atom is -0.360 e. The van der Waals surface area contributed by atoms with Crippen LogP contribution in [0.5, 0.6) is 0 Å². The summed E-state index contributed by atoms with van der Waals surface area (Å²) in [4.78, 5) is 14.4. The molecule has 5 nitrogen and oxygen atoms in total. The van der Waals surface area contributed by atoms with E-state index in [1.54, 1.807) is 6.07 Å². The zero-order valence-electron chi connectivity index (χ0n) is 12.6. The first-order valence-electron chi connectivity index (χ1n) is 6.94. The Morgan fingerprint density at radius 2 is 2.35 bits per heavy atom. The van der Waals surface area contributed by atoms with Crippen molar-refractivity contribution < 1.29 is 9.32 Å². The summed E-state index contributed by atoms with van der Waals surface area (Å²) in [6.45, 7) is 4.67. The maximum Gasteiger partial charge on any atom is 0.273 e. The maximum absolute atomic E-state index is 12.1. The van der Waals surface area contributed by atoms with E-state index < -0.39 is 0 Å². The van der Waals surface area contributed by atoms with Gasteiger partial charge in [0.25, 0.3) is 5.91 Å². The molecule has 0 radical (unpaired) electrons.